The zero-order valence-electron chi connectivity index (χ0n) is 7.21. The lowest BCUT2D eigenvalue weighted by Gasteiger charge is -2.21. The number of rotatable bonds is 3. The van der Waals surface area contributed by atoms with Gasteiger partial charge in [0.2, 0.25) is 0 Å². The van der Waals surface area contributed by atoms with Gasteiger partial charge in [-0.25, -0.2) is 13.6 Å². The van der Waals surface area contributed by atoms with Crippen LogP contribution in [-0.4, -0.2) is 17.8 Å². The third kappa shape index (κ3) is 1.58. The van der Waals surface area contributed by atoms with Crippen molar-refractivity contribution in [3.05, 3.63) is 35.6 Å². The number of alkyl halides is 1. The molecule has 1 rings (SSSR count). The Kier molecular flexibility index (Phi) is 2.81. The van der Waals surface area contributed by atoms with Crippen molar-refractivity contribution >= 4 is 5.97 Å². The minimum Gasteiger partial charge on any atom is -0.480 e. The van der Waals surface area contributed by atoms with Crippen LogP contribution in [0.3, 0.4) is 0 Å². The summed E-state index contributed by atoms with van der Waals surface area (Å²) in [7, 11) is 0. The van der Waals surface area contributed by atoms with Crippen LogP contribution in [0, 0.1) is 5.82 Å². The number of halogens is 2. The number of carbonyl (C=O) groups is 1. The summed E-state index contributed by atoms with van der Waals surface area (Å²) in [5.74, 6) is -2.42. The van der Waals surface area contributed by atoms with Crippen molar-refractivity contribution in [3.8, 4) is 0 Å². The molecule has 0 saturated carbocycles. The molecule has 3 nitrogen and oxygen atoms in total. The summed E-state index contributed by atoms with van der Waals surface area (Å²) in [6.45, 7) is -1.36. The van der Waals surface area contributed by atoms with E-state index in [4.69, 9.17) is 10.8 Å². The smallest absolute Gasteiger partial charge is 0.331 e. The zero-order valence-corrected chi connectivity index (χ0v) is 7.21. The maximum atomic E-state index is 13.1. The molecule has 76 valence electrons. The highest BCUT2D eigenvalue weighted by atomic mass is 19.1. The molecule has 0 heterocycles. The Morgan fingerprint density at radius 1 is 1.50 bits per heavy atom. The van der Waals surface area contributed by atoms with Gasteiger partial charge in [0.05, 0.1) is 0 Å². The fourth-order valence-corrected chi connectivity index (χ4v) is 1.07. The summed E-state index contributed by atoms with van der Waals surface area (Å²) in [5, 5.41) is 8.68. The summed E-state index contributed by atoms with van der Waals surface area (Å²) < 4.78 is 25.6. The zero-order chi connectivity index (χ0) is 10.8. The minimum atomic E-state index is -2.30. The van der Waals surface area contributed by atoms with Crippen LogP contribution in [0.1, 0.15) is 5.56 Å². The molecule has 1 aromatic rings. The lowest BCUT2D eigenvalue weighted by molar-refractivity contribution is -0.144. The number of carboxylic acid groups (broad SMARTS) is 1. The SMILES string of the molecule is NC(CF)(C(=O)O)c1ccccc1F. The molecule has 0 spiro atoms. The van der Waals surface area contributed by atoms with Gasteiger partial charge in [0.15, 0.2) is 5.54 Å². The molecule has 14 heavy (non-hydrogen) atoms. The molecule has 0 amide bonds. The highest BCUT2D eigenvalue weighted by Gasteiger charge is 2.38. The van der Waals surface area contributed by atoms with E-state index < -0.39 is 24.0 Å². The predicted octanol–water partition coefficient (Wildman–Crippen LogP) is 1.03. The van der Waals surface area contributed by atoms with Crippen LogP contribution in [0.25, 0.3) is 0 Å². The third-order valence-electron chi connectivity index (χ3n) is 1.95. The molecular formula is C9H9F2NO2. The number of benzene rings is 1. The van der Waals surface area contributed by atoms with Crippen LogP contribution in [0.15, 0.2) is 24.3 Å². The van der Waals surface area contributed by atoms with Gasteiger partial charge in [0, 0.05) is 5.56 Å². The van der Waals surface area contributed by atoms with Crippen molar-refractivity contribution < 1.29 is 18.7 Å². The summed E-state index contributed by atoms with van der Waals surface area (Å²) in [6.07, 6.45) is 0. The Hall–Kier alpha value is -1.49. The molecule has 0 aliphatic heterocycles. The van der Waals surface area contributed by atoms with Crippen molar-refractivity contribution in [2.45, 2.75) is 5.54 Å². The Labute approximate surface area is 79.2 Å². The minimum absolute atomic E-state index is 0.352. The Morgan fingerprint density at radius 3 is 2.50 bits per heavy atom. The largest absolute Gasteiger partial charge is 0.480 e. The molecule has 3 N–H and O–H groups in total. The standard InChI is InChI=1S/C9H9F2NO2/c10-5-9(12,8(13)14)6-3-1-2-4-7(6)11/h1-4H,5,12H2,(H,13,14). The highest BCUT2D eigenvalue weighted by molar-refractivity contribution is 5.80. The summed E-state index contributed by atoms with van der Waals surface area (Å²) in [6, 6.07) is 4.97. The van der Waals surface area contributed by atoms with Crippen LogP contribution in [0.2, 0.25) is 0 Å². The molecule has 1 aromatic carbocycles. The second-order valence-corrected chi connectivity index (χ2v) is 2.89. The maximum Gasteiger partial charge on any atom is 0.331 e. The van der Waals surface area contributed by atoms with Gasteiger partial charge in [-0.15, -0.1) is 0 Å². The van der Waals surface area contributed by atoms with Crippen molar-refractivity contribution in [1.82, 2.24) is 0 Å². The first kappa shape index (κ1) is 10.6. The summed E-state index contributed by atoms with van der Waals surface area (Å²) >= 11 is 0. The molecule has 0 saturated heterocycles. The fraction of sp³-hybridized carbons (Fsp3) is 0.222. The van der Waals surface area contributed by atoms with Gasteiger partial charge >= 0.3 is 5.97 Å². The van der Waals surface area contributed by atoms with E-state index in [9.17, 15) is 13.6 Å². The lowest BCUT2D eigenvalue weighted by Crippen LogP contribution is -2.47. The number of hydrogen-bond donors (Lipinski definition) is 2. The van der Waals surface area contributed by atoms with Crippen LogP contribution in [0.5, 0.6) is 0 Å². The molecule has 1 atom stereocenters. The molecule has 0 aliphatic carbocycles. The van der Waals surface area contributed by atoms with E-state index in [1.54, 1.807) is 0 Å². The number of nitrogens with two attached hydrogens (primary N) is 1. The predicted molar refractivity (Wildman–Crippen MR) is 45.9 cm³/mol. The molecule has 0 radical (unpaired) electrons. The van der Waals surface area contributed by atoms with E-state index in [-0.39, 0.29) is 5.56 Å². The first-order valence-electron chi connectivity index (χ1n) is 3.85. The maximum absolute atomic E-state index is 13.1. The van der Waals surface area contributed by atoms with Crippen LogP contribution < -0.4 is 5.73 Å². The van der Waals surface area contributed by atoms with E-state index in [0.717, 1.165) is 12.1 Å². The van der Waals surface area contributed by atoms with Crippen LogP contribution >= 0.6 is 0 Å². The van der Waals surface area contributed by atoms with Crippen LogP contribution in [-0.2, 0) is 10.3 Å². The first-order valence-corrected chi connectivity index (χ1v) is 3.85. The van der Waals surface area contributed by atoms with E-state index in [0.29, 0.717) is 0 Å². The van der Waals surface area contributed by atoms with Crippen molar-refractivity contribution in [2.24, 2.45) is 5.73 Å². The quantitative estimate of drug-likeness (QED) is 0.767. The normalized spacial score (nSPS) is 14.8. The number of hydrogen-bond acceptors (Lipinski definition) is 2. The topological polar surface area (TPSA) is 63.3 Å². The first-order chi connectivity index (χ1) is 6.52. The number of aliphatic carboxylic acids is 1. The van der Waals surface area contributed by atoms with Gasteiger partial charge in [-0.3, -0.25) is 0 Å². The second kappa shape index (κ2) is 3.71. The van der Waals surface area contributed by atoms with Crippen LogP contribution in [0.4, 0.5) is 8.78 Å². The molecular weight excluding hydrogens is 192 g/mol. The Morgan fingerprint density at radius 2 is 2.07 bits per heavy atom. The van der Waals surface area contributed by atoms with Gasteiger partial charge in [-0.2, -0.15) is 0 Å². The lowest BCUT2D eigenvalue weighted by atomic mass is 9.92. The fourth-order valence-electron chi connectivity index (χ4n) is 1.07. The summed E-state index contributed by atoms with van der Waals surface area (Å²) in [5.41, 5.74) is 2.60. The van der Waals surface area contributed by atoms with E-state index in [1.807, 2.05) is 0 Å². The van der Waals surface area contributed by atoms with E-state index in [2.05, 4.69) is 0 Å². The summed E-state index contributed by atoms with van der Waals surface area (Å²) in [4.78, 5) is 10.7. The average molecular weight is 201 g/mol. The molecule has 0 aliphatic rings. The van der Waals surface area contributed by atoms with Crippen molar-refractivity contribution in [1.29, 1.82) is 0 Å². The van der Waals surface area contributed by atoms with Gasteiger partial charge < -0.3 is 10.8 Å². The molecule has 0 aromatic heterocycles. The van der Waals surface area contributed by atoms with Gasteiger partial charge in [0.25, 0.3) is 0 Å². The van der Waals surface area contributed by atoms with Crippen molar-refractivity contribution in [2.75, 3.05) is 6.67 Å². The van der Waals surface area contributed by atoms with E-state index >= 15 is 0 Å². The average Bonchev–Trinajstić information content (AvgIpc) is 2.17. The Bertz CT molecular complexity index is 356. The molecule has 0 fully saturated rings. The number of carboxylic acids is 1. The van der Waals surface area contributed by atoms with Crippen molar-refractivity contribution in [3.63, 3.8) is 0 Å². The second-order valence-electron chi connectivity index (χ2n) is 2.89. The van der Waals surface area contributed by atoms with E-state index in [1.165, 1.54) is 12.1 Å². The highest BCUT2D eigenvalue weighted by Crippen LogP contribution is 2.22. The van der Waals surface area contributed by atoms with Gasteiger partial charge in [-0.1, -0.05) is 18.2 Å². The molecule has 1 unspecified atom stereocenters. The Balaban J connectivity index is 3.26. The molecule has 5 heteroatoms. The van der Waals surface area contributed by atoms with Gasteiger partial charge in [0.1, 0.15) is 12.5 Å². The van der Waals surface area contributed by atoms with Gasteiger partial charge in [-0.05, 0) is 6.07 Å². The third-order valence-corrected chi connectivity index (χ3v) is 1.95. The molecule has 0 bridgehead atoms. The monoisotopic (exact) mass is 201 g/mol.